The Kier molecular flexibility index (Phi) is 3.21. The van der Waals surface area contributed by atoms with E-state index in [9.17, 15) is 4.79 Å². The van der Waals surface area contributed by atoms with Crippen molar-refractivity contribution in [2.24, 2.45) is 11.8 Å². The number of terminal acetylenes is 1. The molecule has 1 N–H and O–H groups in total. The van der Waals surface area contributed by atoms with Crippen LogP contribution >= 0.6 is 0 Å². The first-order valence-electron chi connectivity index (χ1n) is 5.26. The molecule has 0 aliphatic heterocycles. The SMILES string of the molecule is C#CC(C)(C)NC(=O)C1CCCC1C. The average molecular weight is 193 g/mol. The molecule has 0 spiro atoms. The summed E-state index contributed by atoms with van der Waals surface area (Å²) in [6.07, 6.45) is 8.65. The lowest BCUT2D eigenvalue weighted by atomic mass is 9.95. The Bertz CT molecular complexity index is 262. The van der Waals surface area contributed by atoms with Crippen LogP contribution in [0.25, 0.3) is 0 Å². The molecule has 0 aromatic rings. The summed E-state index contributed by atoms with van der Waals surface area (Å²) in [7, 11) is 0. The highest BCUT2D eigenvalue weighted by Crippen LogP contribution is 2.31. The topological polar surface area (TPSA) is 29.1 Å². The van der Waals surface area contributed by atoms with Gasteiger partial charge in [-0.15, -0.1) is 6.42 Å². The van der Waals surface area contributed by atoms with Crippen LogP contribution < -0.4 is 5.32 Å². The van der Waals surface area contributed by atoms with Crippen LogP contribution in [0.3, 0.4) is 0 Å². The molecule has 0 aromatic carbocycles. The van der Waals surface area contributed by atoms with Gasteiger partial charge >= 0.3 is 0 Å². The highest BCUT2D eigenvalue weighted by Gasteiger charge is 2.31. The molecule has 2 atom stereocenters. The summed E-state index contributed by atoms with van der Waals surface area (Å²) < 4.78 is 0. The number of rotatable bonds is 2. The molecular weight excluding hydrogens is 174 g/mol. The lowest BCUT2D eigenvalue weighted by Crippen LogP contribution is -2.45. The highest BCUT2D eigenvalue weighted by molar-refractivity contribution is 5.80. The van der Waals surface area contributed by atoms with Crippen LogP contribution in [0.1, 0.15) is 40.0 Å². The van der Waals surface area contributed by atoms with Crippen molar-refractivity contribution in [1.29, 1.82) is 0 Å². The van der Waals surface area contributed by atoms with Crippen molar-refractivity contribution in [1.82, 2.24) is 5.32 Å². The molecule has 78 valence electrons. The lowest BCUT2D eigenvalue weighted by Gasteiger charge is -2.23. The predicted octanol–water partition coefficient (Wildman–Crippen LogP) is 1.95. The number of hydrogen-bond donors (Lipinski definition) is 1. The maximum Gasteiger partial charge on any atom is 0.224 e. The Balaban J connectivity index is 2.55. The first kappa shape index (κ1) is 11.1. The van der Waals surface area contributed by atoms with E-state index in [0.717, 1.165) is 19.3 Å². The van der Waals surface area contributed by atoms with E-state index < -0.39 is 5.54 Å². The minimum Gasteiger partial charge on any atom is -0.340 e. The fraction of sp³-hybridized carbons (Fsp3) is 0.750. The summed E-state index contributed by atoms with van der Waals surface area (Å²) >= 11 is 0. The van der Waals surface area contributed by atoms with E-state index >= 15 is 0 Å². The summed E-state index contributed by atoms with van der Waals surface area (Å²) in [5.74, 6) is 3.37. The molecule has 2 heteroatoms. The van der Waals surface area contributed by atoms with E-state index in [1.165, 1.54) is 0 Å². The highest BCUT2D eigenvalue weighted by atomic mass is 16.2. The number of carbonyl (C=O) groups is 1. The normalized spacial score (nSPS) is 27.0. The van der Waals surface area contributed by atoms with Crippen molar-refractivity contribution in [2.75, 3.05) is 0 Å². The minimum atomic E-state index is -0.514. The Morgan fingerprint density at radius 1 is 1.50 bits per heavy atom. The Labute approximate surface area is 86.5 Å². The zero-order valence-corrected chi connectivity index (χ0v) is 9.26. The summed E-state index contributed by atoms with van der Waals surface area (Å²) in [5.41, 5.74) is -0.514. The van der Waals surface area contributed by atoms with Crippen LogP contribution in [0.5, 0.6) is 0 Å². The van der Waals surface area contributed by atoms with Crippen LogP contribution in [0.4, 0.5) is 0 Å². The molecule has 1 saturated carbocycles. The van der Waals surface area contributed by atoms with Crippen molar-refractivity contribution >= 4 is 5.91 Å². The fourth-order valence-electron chi connectivity index (χ4n) is 1.97. The molecule has 0 heterocycles. The van der Waals surface area contributed by atoms with Gasteiger partial charge in [-0.05, 0) is 32.6 Å². The summed E-state index contributed by atoms with van der Waals surface area (Å²) in [6.45, 7) is 5.84. The van der Waals surface area contributed by atoms with Gasteiger partial charge < -0.3 is 5.32 Å². The van der Waals surface area contributed by atoms with Gasteiger partial charge in [0, 0.05) is 5.92 Å². The number of hydrogen-bond acceptors (Lipinski definition) is 1. The van der Waals surface area contributed by atoms with Gasteiger partial charge in [-0.25, -0.2) is 0 Å². The van der Waals surface area contributed by atoms with Gasteiger partial charge in [-0.3, -0.25) is 4.79 Å². The van der Waals surface area contributed by atoms with Gasteiger partial charge in [0.15, 0.2) is 0 Å². The van der Waals surface area contributed by atoms with Gasteiger partial charge in [-0.2, -0.15) is 0 Å². The standard InChI is InChI=1S/C12H19NO/c1-5-12(3,4)13-11(14)10-8-6-7-9(10)2/h1,9-10H,6-8H2,2-4H3,(H,13,14). The number of carbonyl (C=O) groups excluding carboxylic acids is 1. The fourth-order valence-corrected chi connectivity index (χ4v) is 1.97. The van der Waals surface area contributed by atoms with Crippen molar-refractivity contribution in [2.45, 2.75) is 45.6 Å². The van der Waals surface area contributed by atoms with Crippen molar-refractivity contribution in [3.05, 3.63) is 0 Å². The molecule has 1 aliphatic rings. The lowest BCUT2D eigenvalue weighted by molar-refractivity contribution is -0.126. The van der Waals surface area contributed by atoms with E-state index in [1.54, 1.807) is 0 Å². The van der Waals surface area contributed by atoms with Crippen molar-refractivity contribution < 1.29 is 4.79 Å². The average Bonchev–Trinajstić information content (AvgIpc) is 2.51. The van der Waals surface area contributed by atoms with Gasteiger partial charge in [0.1, 0.15) is 0 Å². The first-order valence-corrected chi connectivity index (χ1v) is 5.26. The quantitative estimate of drug-likeness (QED) is 0.667. The van der Waals surface area contributed by atoms with Gasteiger partial charge in [0.2, 0.25) is 5.91 Å². The van der Waals surface area contributed by atoms with Gasteiger partial charge in [0.05, 0.1) is 5.54 Å². The monoisotopic (exact) mass is 193 g/mol. The molecule has 0 saturated heterocycles. The van der Waals surface area contributed by atoms with Crippen LogP contribution in [0.2, 0.25) is 0 Å². The van der Waals surface area contributed by atoms with E-state index in [4.69, 9.17) is 6.42 Å². The van der Waals surface area contributed by atoms with E-state index in [2.05, 4.69) is 18.2 Å². The predicted molar refractivity (Wildman–Crippen MR) is 57.6 cm³/mol. The summed E-state index contributed by atoms with van der Waals surface area (Å²) in [4.78, 5) is 11.8. The molecule has 2 unspecified atom stereocenters. The minimum absolute atomic E-state index is 0.123. The molecular formula is C12H19NO. The summed E-state index contributed by atoms with van der Waals surface area (Å²) in [5, 5.41) is 2.90. The molecule has 0 radical (unpaired) electrons. The third-order valence-electron chi connectivity index (χ3n) is 2.99. The largest absolute Gasteiger partial charge is 0.340 e. The molecule has 1 aliphatic carbocycles. The zero-order valence-electron chi connectivity index (χ0n) is 9.26. The van der Waals surface area contributed by atoms with E-state index in [-0.39, 0.29) is 11.8 Å². The van der Waals surface area contributed by atoms with E-state index in [1.807, 2.05) is 13.8 Å². The maximum absolute atomic E-state index is 11.8. The van der Waals surface area contributed by atoms with Crippen molar-refractivity contribution in [3.8, 4) is 12.3 Å². The second kappa shape index (κ2) is 4.04. The molecule has 1 amide bonds. The van der Waals surface area contributed by atoms with Gasteiger partial charge in [0.25, 0.3) is 0 Å². The number of amides is 1. The van der Waals surface area contributed by atoms with Crippen LogP contribution in [0.15, 0.2) is 0 Å². The molecule has 0 aromatic heterocycles. The second-order valence-corrected chi connectivity index (χ2v) is 4.77. The van der Waals surface area contributed by atoms with Gasteiger partial charge in [-0.1, -0.05) is 19.3 Å². The Morgan fingerprint density at radius 2 is 2.14 bits per heavy atom. The third-order valence-corrected chi connectivity index (χ3v) is 2.99. The van der Waals surface area contributed by atoms with Crippen LogP contribution in [0, 0.1) is 24.2 Å². The zero-order chi connectivity index (χ0) is 10.8. The molecule has 2 nitrogen and oxygen atoms in total. The molecule has 1 fully saturated rings. The van der Waals surface area contributed by atoms with Crippen LogP contribution in [-0.2, 0) is 4.79 Å². The Morgan fingerprint density at radius 3 is 2.57 bits per heavy atom. The maximum atomic E-state index is 11.8. The van der Waals surface area contributed by atoms with E-state index in [0.29, 0.717) is 5.92 Å². The molecule has 0 bridgehead atoms. The smallest absolute Gasteiger partial charge is 0.224 e. The second-order valence-electron chi connectivity index (χ2n) is 4.77. The van der Waals surface area contributed by atoms with Crippen molar-refractivity contribution in [3.63, 3.8) is 0 Å². The molecule has 14 heavy (non-hydrogen) atoms. The Hall–Kier alpha value is -0.970. The first-order chi connectivity index (χ1) is 6.46. The summed E-state index contributed by atoms with van der Waals surface area (Å²) in [6, 6.07) is 0. The molecule has 1 rings (SSSR count). The van der Waals surface area contributed by atoms with Crippen LogP contribution in [-0.4, -0.2) is 11.4 Å². The number of nitrogens with one attached hydrogen (secondary N) is 1. The third kappa shape index (κ3) is 2.51.